The molecule has 0 radical (unpaired) electrons. The fraction of sp³-hybridized carbons (Fsp3) is 0.520. The second-order valence-electron chi connectivity index (χ2n) is 8.50. The van der Waals surface area contributed by atoms with Gasteiger partial charge in [-0.15, -0.1) is 0 Å². The number of hydrogen-bond acceptors (Lipinski definition) is 7. The first kappa shape index (κ1) is 26.7. The fourth-order valence-electron chi connectivity index (χ4n) is 4.16. The number of nitrogens with one attached hydrogen (secondary N) is 2. The maximum absolute atomic E-state index is 13.2. The highest BCUT2D eigenvalue weighted by molar-refractivity contribution is 7.98. The smallest absolute Gasteiger partial charge is 0.328 e. The number of esters is 1. The van der Waals surface area contributed by atoms with E-state index in [-0.39, 0.29) is 30.9 Å². The summed E-state index contributed by atoms with van der Waals surface area (Å²) in [4.78, 5) is 47.1. The number of carbonyl (C=O) groups is 3. The summed E-state index contributed by atoms with van der Waals surface area (Å²) in [6.45, 7) is 0.900. The summed E-state index contributed by atoms with van der Waals surface area (Å²) in [5.41, 5.74) is 1.64. The maximum Gasteiger partial charge on any atom is 0.328 e. The van der Waals surface area contributed by atoms with E-state index in [0.29, 0.717) is 30.8 Å². The van der Waals surface area contributed by atoms with Gasteiger partial charge >= 0.3 is 5.97 Å². The molecule has 1 fully saturated rings. The van der Waals surface area contributed by atoms with Gasteiger partial charge in [-0.1, -0.05) is 30.3 Å². The third kappa shape index (κ3) is 8.10. The molecule has 3 rings (SSSR count). The first-order valence-electron chi connectivity index (χ1n) is 11.8. The molecule has 2 aromatic rings. The van der Waals surface area contributed by atoms with E-state index in [4.69, 9.17) is 9.47 Å². The van der Waals surface area contributed by atoms with E-state index in [9.17, 15) is 14.4 Å². The molecule has 1 saturated heterocycles. The Hall–Kier alpha value is -2.85. The zero-order valence-corrected chi connectivity index (χ0v) is 21.1. The lowest BCUT2D eigenvalue weighted by molar-refractivity contribution is -0.147. The zero-order valence-electron chi connectivity index (χ0n) is 20.3. The van der Waals surface area contributed by atoms with Crippen LogP contribution in [0.2, 0.25) is 0 Å². The summed E-state index contributed by atoms with van der Waals surface area (Å²) in [6, 6.07) is 8.75. The lowest BCUT2D eigenvalue weighted by atomic mass is 10.1. The Morgan fingerprint density at radius 1 is 1.29 bits per heavy atom. The molecule has 3 atom stereocenters. The SMILES string of the molecule is COC(=O)[C@H](CCSC)NC(=O)C(Cc1ccccc1)OC[C@@H]1CCCN1C(=O)Cc1c[nH]cn1. The summed E-state index contributed by atoms with van der Waals surface area (Å²) >= 11 is 1.59. The number of nitrogens with zero attached hydrogens (tertiary/aromatic N) is 2. The van der Waals surface area contributed by atoms with Crippen LogP contribution in [0, 0.1) is 0 Å². The van der Waals surface area contributed by atoms with Gasteiger partial charge in [-0.05, 0) is 36.8 Å². The molecule has 1 aromatic carbocycles. The number of hydrogen-bond donors (Lipinski definition) is 2. The van der Waals surface area contributed by atoms with E-state index in [1.54, 1.807) is 24.3 Å². The van der Waals surface area contributed by atoms with Crippen LogP contribution < -0.4 is 5.32 Å². The molecule has 2 heterocycles. The second kappa shape index (κ2) is 13.9. The van der Waals surface area contributed by atoms with E-state index in [0.717, 1.165) is 18.4 Å². The Kier molecular flexibility index (Phi) is 10.6. The number of carbonyl (C=O) groups excluding carboxylic acids is 3. The van der Waals surface area contributed by atoms with Crippen molar-refractivity contribution in [3.05, 3.63) is 54.1 Å². The van der Waals surface area contributed by atoms with E-state index in [1.807, 2.05) is 41.5 Å². The number of methoxy groups -OCH3 is 1. The number of aromatic nitrogens is 2. The molecule has 0 spiro atoms. The van der Waals surface area contributed by atoms with Gasteiger partial charge in [-0.3, -0.25) is 9.59 Å². The highest BCUT2D eigenvalue weighted by atomic mass is 32.2. The first-order valence-corrected chi connectivity index (χ1v) is 13.2. The van der Waals surface area contributed by atoms with Crippen LogP contribution in [0.1, 0.15) is 30.5 Å². The number of thioether (sulfide) groups is 1. The molecule has 1 unspecified atom stereocenters. The van der Waals surface area contributed by atoms with Crippen LogP contribution in [0.25, 0.3) is 0 Å². The quantitative estimate of drug-likeness (QED) is 0.403. The van der Waals surface area contributed by atoms with Crippen molar-refractivity contribution in [3.63, 3.8) is 0 Å². The predicted octanol–water partition coefficient (Wildman–Crippen LogP) is 1.98. The van der Waals surface area contributed by atoms with Crippen molar-refractivity contribution in [2.24, 2.45) is 0 Å². The van der Waals surface area contributed by atoms with Crippen molar-refractivity contribution in [1.29, 1.82) is 0 Å². The van der Waals surface area contributed by atoms with Crippen LogP contribution in [0.5, 0.6) is 0 Å². The Balaban J connectivity index is 1.66. The summed E-state index contributed by atoms with van der Waals surface area (Å²) < 4.78 is 11.0. The normalized spacial score (nSPS) is 17.1. The topological polar surface area (TPSA) is 114 Å². The molecule has 1 aromatic heterocycles. The van der Waals surface area contributed by atoms with Crippen LogP contribution in [0.15, 0.2) is 42.9 Å². The molecular weight excluding hydrogens is 468 g/mol. The number of imidazole rings is 1. The highest BCUT2D eigenvalue weighted by Gasteiger charge is 2.32. The molecule has 10 heteroatoms. The van der Waals surface area contributed by atoms with Crippen molar-refractivity contribution in [3.8, 4) is 0 Å². The molecule has 0 aliphatic carbocycles. The number of likely N-dealkylation sites (tertiary alicyclic amines) is 1. The van der Waals surface area contributed by atoms with Crippen LogP contribution in [0.3, 0.4) is 0 Å². The van der Waals surface area contributed by atoms with Gasteiger partial charge in [-0.25, -0.2) is 9.78 Å². The van der Waals surface area contributed by atoms with Crippen LogP contribution >= 0.6 is 11.8 Å². The minimum absolute atomic E-state index is 0.00455. The zero-order chi connectivity index (χ0) is 25.0. The van der Waals surface area contributed by atoms with Gasteiger partial charge in [0.25, 0.3) is 0 Å². The number of amides is 2. The molecule has 1 aliphatic rings. The molecule has 190 valence electrons. The molecule has 0 saturated carbocycles. The van der Waals surface area contributed by atoms with Crippen molar-refractivity contribution >= 4 is 29.5 Å². The standard InChI is InChI=1S/C25H34N4O5S/c1-33-25(32)21(10-12-35-2)28-24(31)22(13-18-7-4-3-5-8-18)34-16-20-9-6-11-29(20)23(30)14-19-15-26-17-27-19/h3-5,7-8,15,17,20-22H,6,9-14,16H2,1-2H3,(H,26,27)(H,28,31)/t20-,21-,22?/m0/s1. The van der Waals surface area contributed by atoms with E-state index in [2.05, 4.69) is 15.3 Å². The Labute approximate surface area is 210 Å². The average Bonchev–Trinajstić information content (AvgIpc) is 3.56. The summed E-state index contributed by atoms with van der Waals surface area (Å²) in [5, 5.41) is 2.82. The van der Waals surface area contributed by atoms with Crippen molar-refractivity contribution < 1.29 is 23.9 Å². The largest absolute Gasteiger partial charge is 0.467 e. The molecule has 0 bridgehead atoms. The molecule has 2 N–H and O–H groups in total. The Morgan fingerprint density at radius 3 is 2.77 bits per heavy atom. The van der Waals surface area contributed by atoms with Crippen LogP contribution in [0.4, 0.5) is 0 Å². The van der Waals surface area contributed by atoms with Crippen LogP contribution in [-0.2, 0) is 36.7 Å². The summed E-state index contributed by atoms with van der Waals surface area (Å²) in [7, 11) is 1.31. The molecule has 1 aliphatic heterocycles. The van der Waals surface area contributed by atoms with Gasteiger partial charge in [0.1, 0.15) is 12.1 Å². The van der Waals surface area contributed by atoms with Crippen LogP contribution in [-0.4, -0.2) is 83.1 Å². The van der Waals surface area contributed by atoms with E-state index >= 15 is 0 Å². The molecular formula is C25H34N4O5S. The second-order valence-corrected chi connectivity index (χ2v) is 9.48. The lowest BCUT2D eigenvalue weighted by Gasteiger charge is -2.27. The molecule has 9 nitrogen and oxygen atoms in total. The van der Waals surface area contributed by atoms with E-state index in [1.165, 1.54) is 7.11 Å². The van der Waals surface area contributed by atoms with Crippen molar-refractivity contribution in [2.75, 3.05) is 32.3 Å². The van der Waals surface area contributed by atoms with Gasteiger partial charge < -0.3 is 24.7 Å². The molecule has 35 heavy (non-hydrogen) atoms. The minimum atomic E-state index is -0.803. The predicted molar refractivity (Wildman–Crippen MR) is 134 cm³/mol. The number of rotatable bonds is 13. The van der Waals surface area contributed by atoms with Crippen molar-refractivity contribution in [1.82, 2.24) is 20.2 Å². The first-order chi connectivity index (χ1) is 17.0. The Bertz CT molecular complexity index is 941. The minimum Gasteiger partial charge on any atom is -0.467 e. The number of ether oxygens (including phenoxy) is 2. The maximum atomic E-state index is 13.2. The highest BCUT2D eigenvalue weighted by Crippen LogP contribution is 2.20. The van der Waals surface area contributed by atoms with Gasteiger partial charge in [0.15, 0.2) is 0 Å². The number of H-pyrrole nitrogens is 1. The fourth-order valence-corrected chi connectivity index (χ4v) is 4.63. The number of benzene rings is 1. The van der Waals surface area contributed by atoms with Crippen molar-refractivity contribution in [2.45, 2.75) is 50.3 Å². The monoisotopic (exact) mass is 502 g/mol. The average molecular weight is 503 g/mol. The summed E-state index contributed by atoms with van der Waals surface area (Å²) in [5.74, 6) is -0.135. The third-order valence-electron chi connectivity index (χ3n) is 6.04. The molecule has 2 amide bonds. The van der Waals surface area contributed by atoms with Gasteiger partial charge in [0.2, 0.25) is 11.8 Å². The van der Waals surface area contributed by atoms with Gasteiger partial charge in [-0.2, -0.15) is 11.8 Å². The summed E-state index contributed by atoms with van der Waals surface area (Å²) in [6.07, 6.45) is 7.16. The Morgan fingerprint density at radius 2 is 2.09 bits per heavy atom. The lowest BCUT2D eigenvalue weighted by Crippen LogP contribution is -2.48. The third-order valence-corrected chi connectivity index (χ3v) is 6.69. The van der Waals surface area contributed by atoms with E-state index < -0.39 is 18.1 Å². The van der Waals surface area contributed by atoms with Gasteiger partial charge in [0, 0.05) is 19.2 Å². The number of aromatic amines is 1. The van der Waals surface area contributed by atoms with Gasteiger partial charge in [0.05, 0.1) is 38.2 Å².